The van der Waals surface area contributed by atoms with E-state index >= 15 is 0 Å². The number of β-amino-alcohol motifs (C(OH)–C–C–N with tert-alkyl or cyclic N) is 1. The van der Waals surface area contributed by atoms with Gasteiger partial charge in [-0.05, 0) is 50.3 Å². The maximum Gasteiger partial charge on any atom is 0.170 e. The number of aliphatic hydroxyl groups excluding tert-OH is 1. The van der Waals surface area contributed by atoms with Crippen molar-refractivity contribution in [2.24, 2.45) is 0 Å². The lowest BCUT2D eigenvalue weighted by Crippen LogP contribution is -2.33. The fourth-order valence-electron chi connectivity index (χ4n) is 3.20. The molecule has 0 radical (unpaired) electrons. The first-order valence-corrected chi connectivity index (χ1v) is 8.30. The first-order valence-electron chi connectivity index (χ1n) is 7.89. The molecule has 0 spiro atoms. The summed E-state index contributed by atoms with van der Waals surface area (Å²) >= 11 is 5.51. The molecule has 6 heteroatoms. The molecule has 0 aliphatic carbocycles. The summed E-state index contributed by atoms with van der Waals surface area (Å²) in [7, 11) is 0. The second kappa shape index (κ2) is 6.68. The number of hydrogen-bond donors (Lipinski definition) is 2. The topological polar surface area (TPSA) is 53.3 Å². The van der Waals surface area contributed by atoms with Crippen molar-refractivity contribution >= 4 is 17.3 Å². The molecule has 2 N–H and O–H groups in total. The number of thiocarbonyl (C=S) groups is 1. The molecule has 122 valence electrons. The molecule has 0 saturated carbocycles. The van der Waals surface area contributed by atoms with Crippen molar-refractivity contribution in [2.45, 2.75) is 32.0 Å². The van der Waals surface area contributed by atoms with Gasteiger partial charge in [0.05, 0.1) is 24.4 Å². The van der Waals surface area contributed by atoms with E-state index in [-0.39, 0.29) is 18.7 Å². The number of nitrogens with one attached hydrogen (secondary N) is 1. The minimum Gasteiger partial charge on any atom is -0.395 e. The second-order valence-corrected chi connectivity index (χ2v) is 6.36. The maximum absolute atomic E-state index is 9.44. The normalized spacial score (nSPS) is 21.0. The molecular formula is C17H22N4OS. The van der Waals surface area contributed by atoms with E-state index in [0.717, 1.165) is 5.69 Å². The first-order chi connectivity index (χ1) is 11.1. The molecule has 2 aromatic rings. The van der Waals surface area contributed by atoms with Crippen LogP contribution in [0.15, 0.2) is 42.7 Å². The molecule has 1 aliphatic heterocycles. The highest BCUT2D eigenvalue weighted by Crippen LogP contribution is 2.39. The molecule has 0 bridgehead atoms. The third-order valence-corrected chi connectivity index (χ3v) is 4.56. The van der Waals surface area contributed by atoms with Crippen LogP contribution in [0.2, 0.25) is 0 Å². The van der Waals surface area contributed by atoms with Crippen LogP contribution in [0.5, 0.6) is 0 Å². The Morgan fingerprint density at radius 1 is 1.30 bits per heavy atom. The van der Waals surface area contributed by atoms with Gasteiger partial charge in [-0.1, -0.05) is 6.07 Å². The summed E-state index contributed by atoms with van der Waals surface area (Å²) in [6.07, 6.45) is 3.89. The van der Waals surface area contributed by atoms with Gasteiger partial charge in [0.2, 0.25) is 0 Å². The lowest BCUT2D eigenvalue weighted by atomic mass is 10.0. The molecule has 2 aromatic heterocycles. The van der Waals surface area contributed by atoms with Gasteiger partial charge in [0, 0.05) is 30.7 Å². The Kier molecular flexibility index (Phi) is 4.63. The lowest BCUT2D eigenvalue weighted by molar-refractivity contribution is 0.218. The molecular weight excluding hydrogens is 308 g/mol. The molecule has 2 atom stereocenters. The van der Waals surface area contributed by atoms with E-state index in [1.165, 1.54) is 5.69 Å². The van der Waals surface area contributed by atoms with Gasteiger partial charge in [-0.2, -0.15) is 0 Å². The van der Waals surface area contributed by atoms with Gasteiger partial charge in [-0.25, -0.2) is 0 Å². The Morgan fingerprint density at radius 2 is 2.13 bits per heavy atom. The van der Waals surface area contributed by atoms with Crippen molar-refractivity contribution in [3.63, 3.8) is 0 Å². The summed E-state index contributed by atoms with van der Waals surface area (Å²) in [5, 5.41) is 13.5. The van der Waals surface area contributed by atoms with E-state index in [0.29, 0.717) is 17.7 Å². The Morgan fingerprint density at radius 3 is 2.78 bits per heavy atom. The molecule has 0 unspecified atom stereocenters. The Hall–Kier alpha value is -1.92. The van der Waals surface area contributed by atoms with Crippen molar-refractivity contribution in [2.75, 3.05) is 13.2 Å². The fraction of sp³-hybridized carbons (Fsp3) is 0.412. The van der Waals surface area contributed by atoms with Crippen LogP contribution in [0.25, 0.3) is 0 Å². The van der Waals surface area contributed by atoms with Crippen LogP contribution in [0.4, 0.5) is 0 Å². The number of nitrogens with zero attached hydrogens (tertiary/aromatic N) is 3. The smallest absolute Gasteiger partial charge is 0.170 e. The molecule has 1 aliphatic rings. The van der Waals surface area contributed by atoms with Crippen molar-refractivity contribution in [3.05, 3.63) is 54.1 Å². The zero-order valence-electron chi connectivity index (χ0n) is 13.4. The summed E-state index contributed by atoms with van der Waals surface area (Å²) in [5.41, 5.74) is 2.13. The highest BCUT2D eigenvalue weighted by molar-refractivity contribution is 7.80. The van der Waals surface area contributed by atoms with Crippen LogP contribution in [0, 0.1) is 0 Å². The van der Waals surface area contributed by atoms with Gasteiger partial charge in [0.1, 0.15) is 0 Å². The summed E-state index contributed by atoms with van der Waals surface area (Å²) in [4.78, 5) is 6.56. The zero-order valence-corrected chi connectivity index (χ0v) is 14.2. The predicted octanol–water partition coefficient (Wildman–Crippen LogP) is 2.43. The lowest BCUT2D eigenvalue weighted by Gasteiger charge is -2.29. The van der Waals surface area contributed by atoms with Crippen molar-refractivity contribution < 1.29 is 5.11 Å². The average molecular weight is 330 g/mol. The summed E-state index contributed by atoms with van der Waals surface area (Å²) in [5.74, 6) is 0. The van der Waals surface area contributed by atoms with E-state index in [1.54, 1.807) is 6.20 Å². The van der Waals surface area contributed by atoms with Crippen LogP contribution in [0.1, 0.15) is 43.4 Å². The van der Waals surface area contributed by atoms with Crippen LogP contribution in [0.3, 0.4) is 0 Å². The molecule has 3 rings (SSSR count). The van der Waals surface area contributed by atoms with E-state index in [2.05, 4.69) is 51.9 Å². The van der Waals surface area contributed by atoms with Crippen LogP contribution in [-0.2, 0) is 0 Å². The minimum atomic E-state index is -0.0253. The van der Waals surface area contributed by atoms with E-state index in [9.17, 15) is 5.11 Å². The molecule has 5 nitrogen and oxygen atoms in total. The van der Waals surface area contributed by atoms with Gasteiger partial charge in [-0.15, -0.1) is 0 Å². The van der Waals surface area contributed by atoms with Crippen molar-refractivity contribution in [1.82, 2.24) is 19.8 Å². The summed E-state index contributed by atoms with van der Waals surface area (Å²) in [6, 6.07) is 10.4. The van der Waals surface area contributed by atoms with Crippen molar-refractivity contribution in [1.29, 1.82) is 0 Å². The number of aromatic nitrogens is 2. The standard InChI is InChI=1S/C17H22N4OS/c1-12(2)20-9-5-7-14(20)16-15(13-6-3-4-8-18-13)19-17(23)21(16)10-11-22/h3-9,12,15-16,22H,10-11H2,1-2H3,(H,19,23)/t15-,16+/m0/s1. The maximum atomic E-state index is 9.44. The molecule has 1 fully saturated rings. The highest BCUT2D eigenvalue weighted by Gasteiger charge is 2.40. The van der Waals surface area contributed by atoms with Crippen LogP contribution >= 0.6 is 12.2 Å². The SMILES string of the molecule is CC(C)n1cccc1[C@@H]1[C@H](c2ccccn2)NC(=S)N1CCO. The Balaban J connectivity index is 2.05. The average Bonchev–Trinajstić information content (AvgIpc) is 3.14. The fourth-order valence-corrected chi connectivity index (χ4v) is 3.54. The van der Waals surface area contributed by atoms with Gasteiger partial charge >= 0.3 is 0 Å². The third kappa shape index (κ3) is 2.96. The monoisotopic (exact) mass is 330 g/mol. The van der Waals surface area contributed by atoms with Gasteiger partial charge in [0.15, 0.2) is 5.11 Å². The van der Waals surface area contributed by atoms with E-state index < -0.39 is 0 Å². The summed E-state index contributed by atoms with van der Waals surface area (Å²) in [6.45, 7) is 4.89. The van der Waals surface area contributed by atoms with Crippen molar-refractivity contribution in [3.8, 4) is 0 Å². The first kappa shape index (κ1) is 16.0. The quantitative estimate of drug-likeness (QED) is 0.825. The molecule has 23 heavy (non-hydrogen) atoms. The summed E-state index contributed by atoms with van der Waals surface area (Å²) < 4.78 is 2.25. The van der Waals surface area contributed by atoms with Gasteiger partial charge in [0.25, 0.3) is 0 Å². The molecule has 0 aromatic carbocycles. The number of pyridine rings is 1. The minimum absolute atomic E-state index is 0.0157. The van der Waals surface area contributed by atoms with Gasteiger partial charge in [-0.3, -0.25) is 4.98 Å². The molecule has 1 saturated heterocycles. The zero-order chi connectivity index (χ0) is 16.4. The van der Waals surface area contributed by atoms with Crippen LogP contribution < -0.4 is 5.32 Å². The van der Waals surface area contributed by atoms with E-state index in [4.69, 9.17) is 12.2 Å². The number of aliphatic hydroxyl groups is 1. The highest BCUT2D eigenvalue weighted by atomic mass is 32.1. The number of hydrogen-bond acceptors (Lipinski definition) is 3. The molecule has 3 heterocycles. The van der Waals surface area contributed by atoms with Gasteiger partial charge < -0.3 is 19.9 Å². The molecule has 0 amide bonds. The number of rotatable bonds is 5. The second-order valence-electron chi connectivity index (χ2n) is 5.98. The Labute approximate surface area is 142 Å². The largest absolute Gasteiger partial charge is 0.395 e. The van der Waals surface area contributed by atoms with E-state index in [1.807, 2.05) is 18.2 Å². The van der Waals surface area contributed by atoms with Crippen LogP contribution in [-0.4, -0.2) is 37.8 Å². The third-order valence-electron chi connectivity index (χ3n) is 4.21. The Bertz CT molecular complexity index is 670. The predicted molar refractivity (Wildman–Crippen MR) is 94.1 cm³/mol.